The minimum absolute atomic E-state index is 0.918. The van der Waals surface area contributed by atoms with Crippen LogP contribution >= 0.6 is 0 Å². The fraction of sp³-hybridized carbons (Fsp3) is 0.0286. The zero-order chi connectivity index (χ0) is 25.9. The van der Waals surface area contributed by atoms with E-state index in [1.54, 1.807) is 0 Å². The van der Waals surface area contributed by atoms with E-state index in [0.29, 0.717) is 0 Å². The van der Waals surface area contributed by atoms with Gasteiger partial charge in [-0.3, -0.25) is 4.57 Å². The predicted molar refractivity (Wildman–Crippen MR) is 160 cm³/mol. The second-order valence-electron chi connectivity index (χ2n) is 10.0. The Bertz CT molecular complexity index is 2180. The topological polar surface area (TPSA) is 26.6 Å². The lowest BCUT2D eigenvalue weighted by Gasteiger charge is -2.11. The van der Waals surface area contributed by atoms with E-state index in [4.69, 9.17) is 4.98 Å². The molecule has 0 aliphatic rings. The third-order valence-corrected chi connectivity index (χ3v) is 7.82. The number of nitrogens with zero attached hydrogens (tertiary/aromatic N) is 4. The Hall–Kier alpha value is -5.22. The minimum atomic E-state index is 0.918. The van der Waals surface area contributed by atoms with Crippen molar-refractivity contribution in [3.8, 4) is 22.8 Å². The normalized spacial score (nSPS) is 11.7. The van der Waals surface area contributed by atoms with Gasteiger partial charge in [-0.2, -0.15) is 0 Å². The maximum atomic E-state index is 4.72. The highest BCUT2D eigenvalue weighted by Crippen LogP contribution is 2.37. The fourth-order valence-electron chi connectivity index (χ4n) is 6.06. The number of benzene rings is 4. The molecule has 0 atom stereocenters. The van der Waals surface area contributed by atoms with Crippen LogP contribution in [0.5, 0.6) is 0 Å². The van der Waals surface area contributed by atoms with Gasteiger partial charge in [-0.25, -0.2) is 9.55 Å². The van der Waals surface area contributed by atoms with Crippen molar-refractivity contribution in [2.45, 2.75) is 0 Å². The van der Waals surface area contributed by atoms with Gasteiger partial charge >= 0.3 is 0 Å². The Morgan fingerprint density at radius 3 is 1.92 bits per heavy atom. The molecule has 4 aromatic heterocycles. The molecular formula is C35H25N4+. The standard InChI is InChI=1S/C35H25N4/c1-37-21-9-7-12-30(37)24-16-18-28-26-10-2-4-13-31(26)38(33(28)22-24)25-17-19-29-27-11-3-5-14-32(27)39(34(29)23-25)35-15-6-8-20-36-35/h2-23H,1H3/q+1. The minimum Gasteiger partial charge on any atom is -0.309 e. The van der Waals surface area contributed by atoms with Gasteiger partial charge in [-0.05, 0) is 54.6 Å². The highest BCUT2D eigenvalue weighted by atomic mass is 15.1. The Morgan fingerprint density at radius 1 is 0.538 bits per heavy atom. The molecule has 4 aromatic carbocycles. The lowest BCUT2D eigenvalue weighted by Crippen LogP contribution is -2.29. The highest BCUT2D eigenvalue weighted by Gasteiger charge is 2.18. The highest BCUT2D eigenvalue weighted by molar-refractivity contribution is 6.12. The third kappa shape index (κ3) is 3.25. The van der Waals surface area contributed by atoms with E-state index in [0.717, 1.165) is 22.5 Å². The van der Waals surface area contributed by atoms with Crippen molar-refractivity contribution < 1.29 is 4.57 Å². The summed E-state index contributed by atoms with van der Waals surface area (Å²) in [7, 11) is 2.10. The molecule has 0 N–H and O–H groups in total. The SMILES string of the molecule is C[n+]1ccccc1-c1ccc2c3ccccc3n(-c3ccc4c5ccccc5n(-c5ccccn5)c4c3)c2c1. The van der Waals surface area contributed by atoms with Crippen LogP contribution in [0.1, 0.15) is 0 Å². The van der Waals surface area contributed by atoms with Crippen LogP contribution in [-0.2, 0) is 7.05 Å². The van der Waals surface area contributed by atoms with Gasteiger partial charge in [0.15, 0.2) is 6.20 Å². The number of pyridine rings is 2. The Kier molecular flexibility index (Phi) is 4.70. The monoisotopic (exact) mass is 501 g/mol. The van der Waals surface area contributed by atoms with Gasteiger partial charge < -0.3 is 4.57 Å². The molecule has 0 bridgehead atoms. The largest absolute Gasteiger partial charge is 0.309 e. The Balaban J connectivity index is 1.46. The first kappa shape index (κ1) is 21.8. The average molecular weight is 502 g/mol. The van der Waals surface area contributed by atoms with Crippen molar-refractivity contribution >= 4 is 43.6 Å². The lowest BCUT2D eigenvalue weighted by atomic mass is 10.1. The van der Waals surface area contributed by atoms with Gasteiger partial charge in [0.2, 0.25) is 5.69 Å². The van der Waals surface area contributed by atoms with E-state index in [1.807, 2.05) is 18.3 Å². The molecule has 0 aliphatic heterocycles. The third-order valence-electron chi connectivity index (χ3n) is 7.82. The average Bonchev–Trinajstić information content (AvgIpc) is 3.50. The molecule has 0 amide bonds. The second-order valence-corrected chi connectivity index (χ2v) is 10.0. The van der Waals surface area contributed by atoms with Crippen LogP contribution < -0.4 is 4.57 Å². The number of aryl methyl sites for hydroxylation is 1. The predicted octanol–water partition coefficient (Wildman–Crippen LogP) is 7.77. The van der Waals surface area contributed by atoms with Crippen molar-refractivity contribution in [2.75, 3.05) is 0 Å². The molecule has 0 aliphatic carbocycles. The second kappa shape index (κ2) is 8.40. The first-order valence-corrected chi connectivity index (χ1v) is 13.2. The number of hydrogen-bond donors (Lipinski definition) is 0. The molecule has 0 radical (unpaired) electrons. The Morgan fingerprint density at radius 2 is 1.18 bits per heavy atom. The van der Waals surface area contributed by atoms with E-state index in [-0.39, 0.29) is 0 Å². The molecule has 4 nitrogen and oxygen atoms in total. The maximum Gasteiger partial charge on any atom is 0.212 e. The van der Waals surface area contributed by atoms with Gasteiger partial charge in [0.1, 0.15) is 12.9 Å². The van der Waals surface area contributed by atoms with E-state index >= 15 is 0 Å². The zero-order valence-corrected chi connectivity index (χ0v) is 21.5. The van der Waals surface area contributed by atoms with Crippen LogP contribution in [0, 0.1) is 0 Å². The van der Waals surface area contributed by atoms with Gasteiger partial charge in [-0.15, -0.1) is 0 Å². The van der Waals surface area contributed by atoms with Crippen molar-refractivity contribution in [1.82, 2.24) is 14.1 Å². The fourth-order valence-corrected chi connectivity index (χ4v) is 6.06. The van der Waals surface area contributed by atoms with E-state index in [1.165, 1.54) is 43.8 Å². The first-order valence-electron chi connectivity index (χ1n) is 13.2. The number of rotatable bonds is 3. The number of fused-ring (bicyclic) bond motifs is 6. The summed E-state index contributed by atoms with van der Waals surface area (Å²) < 4.78 is 6.85. The van der Waals surface area contributed by atoms with E-state index in [9.17, 15) is 0 Å². The molecule has 4 heterocycles. The number of hydrogen-bond acceptors (Lipinski definition) is 1. The molecule has 0 unspecified atom stereocenters. The summed E-state index contributed by atoms with van der Waals surface area (Å²) in [5.41, 5.74) is 8.19. The summed E-state index contributed by atoms with van der Waals surface area (Å²) in [5, 5.41) is 4.95. The van der Waals surface area contributed by atoms with E-state index in [2.05, 4.69) is 136 Å². The Labute approximate surface area is 225 Å². The van der Waals surface area contributed by atoms with Gasteiger partial charge in [-0.1, -0.05) is 54.6 Å². The summed E-state index contributed by atoms with van der Waals surface area (Å²) in [4.78, 5) is 4.72. The summed E-state index contributed by atoms with van der Waals surface area (Å²) in [6.45, 7) is 0. The van der Waals surface area contributed by atoms with Crippen LogP contribution in [-0.4, -0.2) is 14.1 Å². The van der Waals surface area contributed by atoms with Crippen LogP contribution in [0.3, 0.4) is 0 Å². The van der Waals surface area contributed by atoms with Crippen LogP contribution in [0.25, 0.3) is 66.4 Å². The molecule has 184 valence electrons. The molecule has 39 heavy (non-hydrogen) atoms. The van der Waals surface area contributed by atoms with E-state index < -0.39 is 0 Å². The number of para-hydroxylation sites is 2. The molecule has 8 aromatic rings. The first-order chi connectivity index (χ1) is 19.3. The summed E-state index contributed by atoms with van der Waals surface area (Å²) in [5.74, 6) is 0.918. The van der Waals surface area contributed by atoms with Gasteiger partial charge in [0, 0.05) is 51.1 Å². The van der Waals surface area contributed by atoms with Crippen molar-refractivity contribution in [3.63, 3.8) is 0 Å². The van der Waals surface area contributed by atoms with Gasteiger partial charge in [0.25, 0.3) is 0 Å². The molecule has 0 spiro atoms. The van der Waals surface area contributed by atoms with Gasteiger partial charge in [0.05, 0.1) is 22.1 Å². The molecule has 0 saturated carbocycles. The smallest absolute Gasteiger partial charge is 0.212 e. The molecular weight excluding hydrogens is 476 g/mol. The zero-order valence-electron chi connectivity index (χ0n) is 21.5. The van der Waals surface area contributed by atoms with Crippen LogP contribution in [0.15, 0.2) is 134 Å². The lowest BCUT2D eigenvalue weighted by molar-refractivity contribution is -0.660. The van der Waals surface area contributed by atoms with Crippen molar-refractivity contribution in [2.24, 2.45) is 7.05 Å². The molecule has 4 heteroatoms. The molecule has 0 saturated heterocycles. The summed E-state index contributed by atoms with van der Waals surface area (Å²) in [6.07, 6.45) is 3.96. The summed E-state index contributed by atoms with van der Waals surface area (Å²) >= 11 is 0. The molecule has 0 fully saturated rings. The molecule has 8 rings (SSSR count). The van der Waals surface area contributed by atoms with Crippen molar-refractivity contribution in [1.29, 1.82) is 0 Å². The van der Waals surface area contributed by atoms with Crippen LogP contribution in [0.2, 0.25) is 0 Å². The van der Waals surface area contributed by atoms with Crippen LogP contribution in [0.4, 0.5) is 0 Å². The summed E-state index contributed by atoms with van der Waals surface area (Å²) in [6, 6.07) is 43.3. The number of aromatic nitrogens is 4. The van der Waals surface area contributed by atoms with Crippen molar-refractivity contribution in [3.05, 3.63) is 134 Å². The quantitative estimate of drug-likeness (QED) is 0.227. The maximum absolute atomic E-state index is 4.72.